The molecule has 21 heavy (non-hydrogen) atoms. The van der Waals surface area contributed by atoms with E-state index in [1.807, 2.05) is 6.07 Å². The molecule has 0 radical (unpaired) electrons. The topological polar surface area (TPSA) is 43.7 Å². The van der Waals surface area contributed by atoms with E-state index in [4.69, 9.17) is 0 Å². The zero-order chi connectivity index (χ0) is 13.9. The van der Waals surface area contributed by atoms with E-state index >= 15 is 0 Å². The van der Waals surface area contributed by atoms with E-state index in [1.54, 1.807) is 6.07 Å². The normalized spacial score (nSPS) is 19.4. The highest BCUT2D eigenvalue weighted by molar-refractivity contribution is 5.82. The third kappa shape index (κ3) is 1.92. The van der Waals surface area contributed by atoms with Gasteiger partial charge in [-0.2, -0.15) is 0 Å². The van der Waals surface area contributed by atoms with Crippen LogP contribution in [-0.4, -0.2) is 28.7 Å². The summed E-state index contributed by atoms with van der Waals surface area (Å²) in [5.41, 5.74) is 5.71. The van der Waals surface area contributed by atoms with E-state index in [2.05, 4.69) is 30.1 Å². The Hall–Kier alpha value is -1.71. The summed E-state index contributed by atoms with van der Waals surface area (Å²) in [7, 11) is 2.16. The largest absolute Gasteiger partial charge is 1.00 e. The first-order valence-electron chi connectivity index (χ1n) is 7.03. The second-order valence-corrected chi connectivity index (χ2v) is 5.80. The lowest BCUT2D eigenvalue weighted by Crippen LogP contribution is -3.00. The summed E-state index contributed by atoms with van der Waals surface area (Å²) >= 11 is 0. The molecule has 0 amide bonds. The number of rotatable bonds is 0. The minimum absolute atomic E-state index is 0. The van der Waals surface area contributed by atoms with Crippen molar-refractivity contribution in [2.45, 2.75) is 18.9 Å². The highest BCUT2D eigenvalue weighted by Crippen LogP contribution is 2.49. The van der Waals surface area contributed by atoms with Crippen LogP contribution in [0.1, 0.15) is 22.7 Å². The summed E-state index contributed by atoms with van der Waals surface area (Å²) in [6.45, 7) is 1.07. The Morgan fingerprint density at radius 2 is 1.90 bits per heavy atom. The summed E-state index contributed by atoms with van der Waals surface area (Å²) in [6, 6.07) is 10.2. The van der Waals surface area contributed by atoms with Gasteiger partial charge in [0.1, 0.15) is 0 Å². The summed E-state index contributed by atoms with van der Waals surface area (Å²) < 4.78 is 0. The third-order valence-corrected chi connectivity index (χ3v) is 4.72. The molecule has 0 spiro atoms. The number of hydrogen-bond acceptors (Lipinski definition) is 3. The number of hydrogen-bond donors (Lipinski definition) is 2. The Morgan fingerprint density at radius 1 is 1.10 bits per heavy atom. The molecular weight excluding hydrogens is 286 g/mol. The lowest BCUT2D eigenvalue weighted by atomic mass is 9.77. The number of halogens is 1. The minimum Gasteiger partial charge on any atom is -1.00 e. The van der Waals surface area contributed by atoms with Crippen LogP contribution in [0.4, 0.5) is 0 Å². The molecule has 0 bridgehead atoms. The van der Waals surface area contributed by atoms with Gasteiger partial charge in [-0.1, -0.05) is 24.3 Å². The molecule has 0 fully saturated rings. The summed E-state index contributed by atoms with van der Waals surface area (Å²) in [5, 5.41) is 20.1. The summed E-state index contributed by atoms with van der Waals surface area (Å²) in [4.78, 5) is 2.39. The molecule has 2 N–H and O–H groups in total. The molecule has 0 saturated carbocycles. The maximum absolute atomic E-state index is 10.3. The summed E-state index contributed by atoms with van der Waals surface area (Å²) in [6.07, 6.45) is 1.94. The molecule has 2 aromatic rings. The number of likely N-dealkylation sites (N-methyl/N-ethyl adjacent to an activating group) is 1. The fourth-order valence-corrected chi connectivity index (χ4v) is 3.67. The lowest BCUT2D eigenvalue weighted by molar-refractivity contribution is -0.00000573. The quantitative estimate of drug-likeness (QED) is 0.666. The maximum Gasteiger partial charge on any atom is 0.165 e. The van der Waals surface area contributed by atoms with Crippen molar-refractivity contribution in [1.29, 1.82) is 0 Å². The van der Waals surface area contributed by atoms with Crippen molar-refractivity contribution in [2.24, 2.45) is 0 Å². The zero-order valence-electron chi connectivity index (χ0n) is 11.8. The van der Waals surface area contributed by atoms with E-state index in [0.717, 1.165) is 36.1 Å². The van der Waals surface area contributed by atoms with Crippen molar-refractivity contribution in [1.82, 2.24) is 4.90 Å². The average molecular weight is 303 g/mol. The Kier molecular flexibility index (Phi) is 3.34. The van der Waals surface area contributed by atoms with Gasteiger partial charge in [0.15, 0.2) is 11.5 Å². The van der Waals surface area contributed by atoms with Crippen LogP contribution in [0.25, 0.3) is 11.1 Å². The Balaban J connectivity index is 0.00000132. The Labute approximate surface area is 130 Å². The SMILES string of the molecule is CN1CCc2cccc3c2C1Cc1ccc(O)c(O)c1-3.[Cl-]. The van der Waals surface area contributed by atoms with Crippen molar-refractivity contribution < 1.29 is 22.6 Å². The minimum atomic E-state index is -0.0380. The standard InChI is InChI=1S/C17H17NO2.ClH/c1-18-8-7-10-3-2-4-12-15(10)13(18)9-11-5-6-14(19)17(20)16(11)12;/h2-6,13,19-20H,7-9H2,1H3;1H/p-1. The number of aromatic hydroxyl groups is 2. The molecule has 2 aromatic carbocycles. The smallest absolute Gasteiger partial charge is 0.165 e. The van der Waals surface area contributed by atoms with Gasteiger partial charge in [-0.3, -0.25) is 4.90 Å². The van der Waals surface area contributed by atoms with Gasteiger partial charge in [0, 0.05) is 18.2 Å². The van der Waals surface area contributed by atoms with Crippen molar-refractivity contribution in [3.05, 3.63) is 47.0 Å². The van der Waals surface area contributed by atoms with Crippen LogP contribution >= 0.6 is 0 Å². The number of benzene rings is 2. The third-order valence-electron chi connectivity index (χ3n) is 4.72. The van der Waals surface area contributed by atoms with E-state index in [0.29, 0.717) is 6.04 Å². The summed E-state index contributed by atoms with van der Waals surface area (Å²) in [5.74, 6) is -0.0217. The van der Waals surface area contributed by atoms with Crippen LogP contribution in [-0.2, 0) is 12.8 Å². The molecule has 0 saturated heterocycles. The molecule has 1 aliphatic heterocycles. The fraction of sp³-hybridized carbons (Fsp3) is 0.294. The molecule has 1 unspecified atom stereocenters. The maximum atomic E-state index is 10.3. The number of fused-ring (bicyclic) bond motifs is 2. The highest BCUT2D eigenvalue weighted by atomic mass is 35.5. The van der Waals surface area contributed by atoms with Gasteiger partial charge in [0.05, 0.1) is 0 Å². The molecule has 2 aliphatic rings. The predicted molar refractivity (Wildman–Crippen MR) is 78.0 cm³/mol. The van der Waals surface area contributed by atoms with Crippen LogP contribution in [0.3, 0.4) is 0 Å². The molecule has 1 heterocycles. The first-order valence-corrected chi connectivity index (χ1v) is 7.03. The van der Waals surface area contributed by atoms with E-state index in [9.17, 15) is 10.2 Å². The van der Waals surface area contributed by atoms with Crippen LogP contribution in [0, 0.1) is 0 Å². The Morgan fingerprint density at radius 3 is 2.71 bits per heavy atom. The Bertz CT molecular complexity index is 714. The van der Waals surface area contributed by atoms with Gasteiger partial charge in [-0.15, -0.1) is 0 Å². The number of phenolic OH excluding ortho intramolecular Hbond substituents is 2. The molecular formula is C17H17ClNO2-. The molecule has 1 aliphatic carbocycles. The van der Waals surface area contributed by atoms with Gasteiger partial charge < -0.3 is 22.6 Å². The van der Waals surface area contributed by atoms with Gasteiger partial charge in [-0.05, 0) is 48.2 Å². The lowest BCUT2D eigenvalue weighted by Gasteiger charge is -2.39. The van der Waals surface area contributed by atoms with Crippen molar-refractivity contribution in [2.75, 3.05) is 13.6 Å². The first-order chi connectivity index (χ1) is 9.66. The van der Waals surface area contributed by atoms with Gasteiger partial charge in [0.2, 0.25) is 0 Å². The first kappa shape index (κ1) is 14.2. The van der Waals surface area contributed by atoms with Crippen molar-refractivity contribution in [3.63, 3.8) is 0 Å². The fourth-order valence-electron chi connectivity index (χ4n) is 3.67. The monoisotopic (exact) mass is 302 g/mol. The van der Waals surface area contributed by atoms with Crippen LogP contribution in [0.15, 0.2) is 30.3 Å². The van der Waals surface area contributed by atoms with E-state index in [1.165, 1.54) is 11.1 Å². The zero-order valence-corrected chi connectivity index (χ0v) is 12.6. The molecule has 3 nitrogen and oxygen atoms in total. The highest BCUT2D eigenvalue weighted by Gasteiger charge is 2.33. The van der Waals surface area contributed by atoms with E-state index < -0.39 is 0 Å². The van der Waals surface area contributed by atoms with Crippen LogP contribution in [0.5, 0.6) is 11.5 Å². The molecule has 4 rings (SSSR count). The van der Waals surface area contributed by atoms with Crippen molar-refractivity contribution >= 4 is 0 Å². The molecule has 4 heteroatoms. The second-order valence-electron chi connectivity index (χ2n) is 5.80. The van der Waals surface area contributed by atoms with Gasteiger partial charge >= 0.3 is 0 Å². The number of nitrogens with zero attached hydrogens (tertiary/aromatic N) is 1. The van der Waals surface area contributed by atoms with Gasteiger partial charge in [-0.25, -0.2) is 0 Å². The van der Waals surface area contributed by atoms with Crippen LogP contribution in [0.2, 0.25) is 0 Å². The van der Waals surface area contributed by atoms with Crippen molar-refractivity contribution in [3.8, 4) is 22.6 Å². The molecule has 110 valence electrons. The van der Waals surface area contributed by atoms with Gasteiger partial charge in [0.25, 0.3) is 0 Å². The second kappa shape index (κ2) is 4.93. The molecule has 1 atom stereocenters. The predicted octanol–water partition coefficient (Wildman–Crippen LogP) is -0.146. The average Bonchev–Trinajstić information content (AvgIpc) is 2.46. The van der Waals surface area contributed by atoms with E-state index in [-0.39, 0.29) is 23.9 Å². The van der Waals surface area contributed by atoms with Crippen LogP contribution < -0.4 is 12.4 Å². The number of phenols is 2. The molecule has 0 aromatic heterocycles.